The standard InChI is InChI=1S/C11H13N3O2S/c12-9-8(3-6-17-9)11-13-10(14-16-11)7-1-4-15-5-2-7/h3,6-7H,1-2,4-5,12H2. The van der Waals surface area contributed by atoms with E-state index in [0.717, 1.165) is 37.4 Å². The van der Waals surface area contributed by atoms with Gasteiger partial charge < -0.3 is 15.0 Å². The fourth-order valence-corrected chi connectivity index (χ4v) is 2.60. The van der Waals surface area contributed by atoms with Crippen molar-refractivity contribution >= 4 is 16.3 Å². The maximum atomic E-state index is 5.83. The molecule has 1 aliphatic rings. The van der Waals surface area contributed by atoms with Crippen LogP contribution in [-0.4, -0.2) is 23.4 Å². The summed E-state index contributed by atoms with van der Waals surface area (Å²) in [6.07, 6.45) is 1.91. The van der Waals surface area contributed by atoms with E-state index in [9.17, 15) is 0 Å². The Labute approximate surface area is 103 Å². The third kappa shape index (κ3) is 2.05. The van der Waals surface area contributed by atoms with E-state index in [2.05, 4.69) is 10.1 Å². The topological polar surface area (TPSA) is 74.2 Å². The summed E-state index contributed by atoms with van der Waals surface area (Å²) in [6, 6.07) is 1.90. The van der Waals surface area contributed by atoms with Gasteiger partial charge in [0.15, 0.2) is 5.82 Å². The molecule has 0 unspecified atom stereocenters. The Kier molecular flexibility index (Phi) is 2.82. The van der Waals surface area contributed by atoms with Gasteiger partial charge in [0, 0.05) is 19.1 Å². The van der Waals surface area contributed by atoms with Crippen LogP contribution in [0.5, 0.6) is 0 Å². The molecule has 0 aromatic carbocycles. The van der Waals surface area contributed by atoms with Crippen LogP contribution in [0.4, 0.5) is 5.00 Å². The van der Waals surface area contributed by atoms with Crippen molar-refractivity contribution in [1.29, 1.82) is 0 Å². The molecule has 3 heterocycles. The van der Waals surface area contributed by atoms with Gasteiger partial charge in [-0.25, -0.2) is 0 Å². The number of ether oxygens (including phenoxy) is 1. The van der Waals surface area contributed by atoms with Crippen molar-refractivity contribution in [3.8, 4) is 11.5 Å². The van der Waals surface area contributed by atoms with Gasteiger partial charge in [0.2, 0.25) is 0 Å². The zero-order valence-electron chi connectivity index (χ0n) is 9.26. The number of hydrogen-bond donors (Lipinski definition) is 1. The Balaban J connectivity index is 1.85. The number of nitrogens with zero attached hydrogens (tertiary/aromatic N) is 2. The monoisotopic (exact) mass is 251 g/mol. The summed E-state index contributed by atoms with van der Waals surface area (Å²) in [7, 11) is 0. The summed E-state index contributed by atoms with van der Waals surface area (Å²) in [5.74, 6) is 1.64. The first kappa shape index (κ1) is 10.7. The largest absolute Gasteiger partial charge is 0.390 e. The molecular weight excluding hydrogens is 238 g/mol. The fraction of sp³-hybridized carbons (Fsp3) is 0.455. The third-order valence-electron chi connectivity index (χ3n) is 2.95. The second-order valence-corrected chi connectivity index (χ2v) is 4.99. The summed E-state index contributed by atoms with van der Waals surface area (Å²) in [6.45, 7) is 1.55. The number of aromatic nitrogens is 2. The SMILES string of the molecule is Nc1sccc1-c1nc(C2CCOCC2)no1. The molecular formula is C11H13N3O2S. The highest BCUT2D eigenvalue weighted by Crippen LogP contribution is 2.31. The Hall–Kier alpha value is -1.40. The number of rotatable bonds is 2. The molecule has 6 heteroatoms. The Morgan fingerprint density at radius 1 is 1.35 bits per heavy atom. The van der Waals surface area contributed by atoms with Crippen LogP contribution in [0.3, 0.4) is 0 Å². The van der Waals surface area contributed by atoms with E-state index in [0.29, 0.717) is 16.8 Å². The fourth-order valence-electron chi connectivity index (χ4n) is 1.96. The molecule has 0 spiro atoms. The number of anilines is 1. The Bertz CT molecular complexity index is 502. The van der Waals surface area contributed by atoms with Crippen molar-refractivity contribution in [3.05, 3.63) is 17.3 Å². The van der Waals surface area contributed by atoms with E-state index in [1.165, 1.54) is 11.3 Å². The average molecular weight is 251 g/mol. The molecule has 1 saturated heterocycles. The Morgan fingerprint density at radius 3 is 2.88 bits per heavy atom. The molecule has 0 atom stereocenters. The van der Waals surface area contributed by atoms with Crippen LogP contribution >= 0.6 is 11.3 Å². The van der Waals surface area contributed by atoms with E-state index >= 15 is 0 Å². The lowest BCUT2D eigenvalue weighted by molar-refractivity contribution is 0.0830. The summed E-state index contributed by atoms with van der Waals surface area (Å²) in [5, 5.41) is 6.68. The molecule has 5 nitrogen and oxygen atoms in total. The van der Waals surface area contributed by atoms with Crippen molar-refractivity contribution in [3.63, 3.8) is 0 Å². The molecule has 2 aromatic rings. The van der Waals surface area contributed by atoms with Crippen LogP contribution in [0.25, 0.3) is 11.5 Å². The van der Waals surface area contributed by atoms with Gasteiger partial charge in [0.1, 0.15) is 0 Å². The predicted molar refractivity (Wildman–Crippen MR) is 64.8 cm³/mol. The number of nitrogens with two attached hydrogens (primary N) is 1. The van der Waals surface area contributed by atoms with Crippen molar-refractivity contribution in [2.45, 2.75) is 18.8 Å². The number of thiophene rings is 1. The highest BCUT2D eigenvalue weighted by Gasteiger charge is 2.22. The van der Waals surface area contributed by atoms with Crippen LogP contribution in [0.15, 0.2) is 16.0 Å². The summed E-state index contributed by atoms with van der Waals surface area (Å²) in [4.78, 5) is 4.43. The van der Waals surface area contributed by atoms with Crippen molar-refractivity contribution < 1.29 is 9.26 Å². The normalized spacial score (nSPS) is 17.4. The number of nitrogen functional groups attached to an aromatic ring is 1. The lowest BCUT2D eigenvalue weighted by Gasteiger charge is -2.18. The molecule has 90 valence electrons. The molecule has 2 aromatic heterocycles. The first-order chi connectivity index (χ1) is 8.34. The lowest BCUT2D eigenvalue weighted by Crippen LogP contribution is -2.15. The molecule has 1 aliphatic heterocycles. The first-order valence-corrected chi connectivity index (χ1v) is 6.47. The van der Waals surface area contributed by atoms with Crippen LogP contribution in [-0.2, 0) is 4.74 Å². The smallest absolute Gasteiger partial charge is 0.260 e. The minimum atomic E-state index is 0.348. The summed E-state index contributed by atoms with van der Waals surface area (Å²) < 4.78 is 10.6. The quantitative estimate of drug-likeness (QED) is 0.886. The lowest BCUT2D eigenvalue weighted by atomic mass is 10.00. The number of hydrogen-bond acceptors (Lipinski definition) is 6. The van der Waals surface area contributed by atoms with Gasteiger partial charge in [-0.15, -0.1) is 11.3 Å². The van der Waals surface area contributed by atoms with E-state index in [4.69, 9.17) is 15.0 Å². The van der Waals surface area contributed by atoms with E-state index in [-0.39, 0.29) is 0 Å². The predicted octanol–water partition coefficient (Wildman–Crippen LogP) is 2.27. The minimum absolute atomic E-state index is 0.348. The van der Waals surface area contributed by atoms with Crippen LogP contribution in [0, 0.1) is 0 Å². The molecule has 0 amide bonds. The molecule has 0 aliphatic carbocycles. The molecule has 3 rings (SSSR count). The van der Waals surface area contributed by atoms with Crippen LogP contribution in [0.1, 0.15) is 24.6 Å². The van der Waals surface area contributed by atoms with E-state index in [1.807, 2.05) is 11.4 Å². The van der Waals surface area contributed by atoms with E-state index < -0.39 is 0 Å². The maximum Gasteiger partial charge on any atom is 0.260 e. The van der Waals surface area contributed by atoms with Crippen molar-refractivity contribution in [1.82, 2.24) is 10.1 Å². The first-order valence-electron chi connectivity index (χ1n) is 5.59. The van der Waals surface area contributed by atoms with E-state index in [1.54, 1.807) is 0 Å². The second-order valence-electron chi connectivity index (χ2n) is 4.04. The van der Waals surface area contributed by atoms with Gasteiger partial charge in [-0.2, -0.15) is 4.98 Å². The highest BCUT2D eigenvalue weighted by atomic mass is 32.1. The molecule has 1 fully saturated rings. The van der Waals surface area contributed by atoms with Gasteiger partial charge in [0.05, 0.1) is 10.6 Å². The van der Waals surface area contributed by atoms with Crippen LogP contribution in [0.2, 0.25) is 0 Å². The van der Waals surface area contributed by atoms with Gasteiger partial charge in [0.25, 0.3) is 5.89 Å². The molecule has 2 N–H and O–H groups in total. The van der Waals surface area contributed by atoms with Gasteiger partial charge in [-0.05, 0) is 24.3 Å². The maximum absolute atomic E-state index is 5.83. The van der Waals surface area contributed by atoms with Gasteiger partial charge >= 0.3 is 0 Å². The minimum Gasteiger partial charge on any atom is -0.390 e. The second kappa shape index (κ2) is 4.46. The average Bonchev–Trinajstić information content (AvgIpc) is 2.98. The van der Waals surface area contributed by atoms with Gasteiger partial charge in [-0.1, -0.05) is 5.16 Å². The molecule has 0 saturated carbocycles. The highest BCUT2D eigenvalue weighted by molar-refractivity contribution is 7.14. The molecule has 0 radical (unpaired) electrons. The summed E-state index contributed by atoms with van der Waals surface area (Å²) >= 11 is 1.47. The van der Waals surface area contributed by atoms with Gasteiger partial charge in [-0.3, -0.25) is 0 Å². The van der Waals surface area contributed by atoms with Crippen molar-refractivity contribution in [2.75, 3.05) is 18.9 Å². The summed E-state index contributed by atoms with van der Waals surface area (Å²) in [5.41, 5.74) is 6.67. The Morgan fingerprint density at radius 2 is 2.18 bits per heavy atom. The van der Waals surface area contributed by atoms with Crippen molar-refractivity contribution in [2.24, 2.45) is 0 Å². The molecule has 17 heavy (non-hydrogen) atoms. The van der Waals surface area contributed by atoms with Crippen LogP contribution < -0.4 is 5.73 Å². The molecule has 0 bridgehead atoms. The zero-order valence-corrected chi connectivity index (χ0v) is 10.1. The third-order valence-corrected chi connectivity index (χ3v) is 3.70. The zero-order chi connectivity index (χ0) is 11.7.